The molecule has 1 N–H and O–H groups in total. The molecule has 0 bridgehead atoms. The Balaban J connectivity index is 1.75. The van der Waals surface area contributed by atoms with Crippen molar-refractivity contribution in [2.75, 3.05) is 5.32 Å². The fourth-order valence-corrected chi connectivity index (χ4v) is 2.70. The summed E-state index contributed by atoms with van der Waals surface area (Å²) in [5.41, 5.74) is 0.710. The van der Waals surface area contributed by atoms with Crippen LogP contribution in [0.1, 0.15) is 22.6 Å². The number of alkyl halides is 2. The topological polar surface area (TPSA) is 64.7 Å². The molecule has 0 atom stereocenters. The standard InChI is InChI=1S/C15H11BrClF2N5O/c16-11-8-23(7-9-1-3-10(17)4-2-9)22-13(11)21-14(25)12-5-6-20-24(12)15(18)19/h1-6,8,15H,7H2,(H,21,22,25). The summed E-state index contributed by atoms with van der Waals surface area (Å²) in [5, 5.41) is 10.8. The van der Waals surface area contributed by atoms with Crippen molar-refractivity contribution in [3.63, 3.8) is 0 Å². The van der Waals surface area contributed by atoms with Crippen LogP contribution in [-0.2, 0) is 6.54 Å². The second-order valence-corrected chi connectivity index (χ2v) is 6.33. The Kier molecular flexibility index (Phi) is 5.14. The van der Waals surface area contributed by atoms with Crippen molar-refractivity contribution in [2.24, 2.45) is 0 Å². The van der Waals surface area contributed by atoms with E-state index >= 15 is 0 Å². The number of amides is 1. The third-order valence-corrected chi connectivity index (χ3v) is 4.13. The van der Waals surface area contributed by atoms with E-state index in [9.17, 15) is 13.6 Å². The number of benzene rings is 1. The molecule has 0 saturated carbocycles. The van der Waals surface area contributed by atoms with Gasteiger partial charge in [-0.05, 0) is 39.7 Å². The number of halogens is 4. The van der Waals surface area contributed by atoms with Crippen LogP contribution in [0.4, 0.5) is 14.6 Å². The first-order valence-electron chi connectivity index (χ1n) is 7.04. The summed E-state index contributed by atoms with van der Waals surface area (Å²) >= 11 is 9.14. The predicted octanol–water partition coefficient (Wildman–Crippen LogP) is 4.19. The molecule has 0 radical (unpaired) electrons. The number of carbonyl (C=O) groups excluding carboxylic acids is 1. The molecular formula is C15H11BrClF2N5O. The van der Waals surface area contributed by atoms with E-state index in [0.29, 0.717) is 20.7 Å². The highest BCUT2D eigenvalue weighted by atomic mass is 79.9. The number of aromatic nitrogens is 4. The summed E-state index contributed by atoms with van der Waals surface area (Å²) in [6.45, 7) is -2.44. The molecule has 2 heterocycles. The number of hydrogen-bond acceptors (Lipinski definition) is 3. The Morgan fingerprint density at radius 1 is 1.28 bits per heavy atom. The number of rotatable bonds is 5. The molecule has 1 aromatic carbocycles. The molecule has 3 aromatic rings. The zero-order chi connectivity index (χ0) is 18.0. The third kappa shape index (κ3) is 4.05. The largest absolute Gasteiger partial charge is 0.333 e. The number of nitrogens with one attached hydrogen (secondary N) is 1. The van der Waals surface area contributed by atoms with E-state index in [1.165, 1.54) is 6.07 Å². The minimum absolute atomic E-state index is 0.223. The second-order valence-electron chi connectivity index (χ2n) is 5.04. The molecular weight excluding hydrogens is 420 g/mol. The molecule has 0 unspecified atom stereocenters. The zero-order valence-corrected chi connectivity index (χ0v) is 14.9. The van der Waals surface area contributed by atoms with Crippen LogP contribution >= 0.6 is 27.5 Å². The minimum atomic E-state index is -2.90. The van der Waals surface area contributed by atoms with Gasteiger partial charge in [-0.25, -0.2) is 0 Å². The first-order valence-corrected chi connectivity index (χ1v) is 8.21. The van der Waals surface area contributed by atoms with Gasteiger partial charge in [0.1, 0.15) is 5.69 Å². The molecule has 0 spiro atoms. The van der Waals surface area contributed by atoms with Gasteiger partial charge in [-0.1, -0.05) is 23.7 Å². The van der Waals surface area contributed by atoms with Crippen molar-refractivity contribution in [1.29, 1.82) is 0 Å². The lowest BCUT2D eigenvalue weighted by molar-refractivity contribution is 0.0520. The van der Waals surface area contributed by atoms with Crippen LogP contribution in [0.2, 0.25) is 5.02 Å². The molecule has 3 rings (SSSR count). The van der Waals surface area contributed by atoms with Crippen LogP contribution in [0, 0.1) is 0 Å². The number of carbonyl (C=O) groups is 1. The first-order chi connectivity index (χ1) is 11.9. The maximum atomic E-state index is 12.8. The van der Waals surface area contributed by atoms with Crippen LogP contribution in [0.3, 0.4) is 0 Å². The lowest BCUT2D eigenvalue weighted by Gasteiger charge is -2.06. The summed E-state index contributed by atoms with van der Waals surface area (Å²) in [7, 11) is 0. The van der Waals surface area contributed by atoms with E-state index in [1.807, 2.05) is 12.1 Å². The molecule has 0 fully saturated rings. The lowest BCUT2D eigenvalue weighted by Crippen LogP contribution is -2.19. The Labute approximate surface area is 154 Å². The lowest BCUT2D eigenvalue weighted by atomic mass is 10.2. The van der Waals surface area contributed by atoms with Crippen molar-refractivity contribution < 1.29 is 13.6 Å². The van der Waals surface area contributed by atoms with Crippen LogP contribution in [0.25, 0.3) is 0 Å². The first kappa shape index (κ1) is 17.6. The van der Waals surface area contributed by atoms with Gasteiger partial charge < -0.3 is 5.32 Å². The maximum absolute atomic E-state index is 12.8. The highest BCUT2D eigenvalue weighted by molar-refractivity contribution is 9.10. The molecule has 2 aromatic heterocycles. The Morgan fingerprint density at radius 2 is 2.00 bits per heavy atom. The number of hydrogen-bond donors (Lipinski definition) is 1. The molecule has 0 aliphatic heterocycles. The van der Waals surface area contributed by atoms with Crippen LogP contribution < -0.4 is 5.32 Å². The highest BCUT2D eigenvalue weighted by Crippen LogP contribution is 2.22. The average Bonchev–Trinajstić information content (AvgIpc) is 3.17. The van der Waals surface area contributed by atoms with Crippen molar-refractivity contribution in [2.45, 2.75) is 13.1 Å². The van der Waals surface area contributed by atoms with Gasteiger partial charge in [-0.15, -0.1) is 0 Å². The summed E-state index contributed by atoms with van der Waals surface area (Å²) in [6, 6.07) is 8.46. The van der Waals surface area contributed by atoms with Gasteiger partial charge in [0.25, 0.3) is 5.91 Å². The molecule has 10 heteroatoms. The van der Waals surface area contributed by atoms with Crippen LogP contribution in [0.5, 0.6) is 0 Å². The maximum Gasteiger partial charge on any atom is 0.333 e. The fourth-order valence-electron chi connectivity index (χ4n) is 2.16. The second kappa shape index (κ2) is 7.32. The van der Waals surface area contributed by atoms with Gasteiger partial charge in [0.05, 0.1) is 11.0 Å². The summed E-state index contributed by atoms with van der Waals surface area (Å²) < 4.78 is 28.1. The molecule has 130 valence electrons. The molecule has 0 saturated heterocycles. The van der Waals surface area contributed by atoms with E-state index in [2.05, 4.69) is 31.4 Å². The predicted molar refractivity (Wildman–Crippen MR) is 91.9 cm³/mol. The van der Waals surface area contributed by atoms with E-state index in [4.69, 9.17) is 11.6 Å². The summed E-state index contributed by atoms with van der Waals surface area (Å²) in [6.07, 6.45) is 2.81. The summed E-state index contributed by atoms with van der Waals surface area (Å²) in [4.78, 5) is 12.2. The Morgan fingerprint density at radius 3 is 2.68 bits per heavy atom. The van der Waals surface area contributed by atoms with E-state index < -0.39 is 12.5 Å². The van der Waals surface area contributed by atoms with Crippen molar-refractivity contribution in [3.05, 3.63) is 63.5 Å². The highest BCUT2D eigenvalue weighted by Gasteiger charge is 2.19. The number of anilines is 1. The Bertz CT molecular complexity index is 894. The van der Waals surface area contributed by atoms with E-state index in [0.717, 1.165) is 11.8 Å². The van der Waals surface area contributed by atoms with Crippen molar-refractivity contribution in [1.82, 2.24) is 19.6 Å². The molecule has 6 nitrogen and oxygen atoms in total. The van der Waals surface area contributed by atoms with Crippen molar-refractivity contribution >= 4 is 39.3 Å². The molecule has 0 aliphatic rings. The monoisotopic (exact) mass is 429 g/mol. The smallest absolute Gasteiger partial charge is 0.303 e. The van der Waals surface area contributed by atoms with Crippen molar-refractivity contribution in [3.8, 4) is 0 Å². The van der Waals surface area contributed by atoms with E-state index in [-0.39, 0.29) is 11.5 Å². The normalized spacial score (nSPS) is 11.1. The fraction of sp³-hybridized carbons (Fsp3) is 0.133. The number of nitrogens with zero attached hydrogens (tertiary/aromatic N) is 4. The van der Waals surface area contributed by atoms with Gasteiger partial charge in [0.15, 0.2) is 5.82 Å². The quantitative estimate of drug-likeness (QED) is 0.660. The summed E-state index contributed by atoms with van der Waals surface area (Å²) in [5.74, 6) is -0.503. The van der Waals surface area contributed by atoms with Gasteiger partial charge >= 0.3 is 6.55 Å². The molecule has 0 aliphatic carbocycles. The van der Waals surface area contributed by atoms with Gasteiger partial charge in [-0.3, -0.25) is 9.48 Å². The molecule has 25 heavy (non-hydrogen) atoms. The minimum Gasteiger partial charge on any atom is -0.303 e. The zero-order valence-electron chi connectivity index (χ0n) is 12.5. The molecule has 1 amide bonds. The third-order valence-electron chi connectivity index (χ3n) is 3.29. The van der Waals surface area contributed by atoms with Crippen LogP contribution in [-0.4, -0.2) is 25.5 Å². The Hall–Kier alpha value is -2.26. The SMILES string of the molecule is O=C(Nc1nn(Cc2ccc(Cl)cc2)cc1Br)c1ccnn1C(F)F. The van der Waals surface area contributed by atoms with Gasteiger partial charge in [0, 0.05) is 17.4 Å². The van der Waals surface area contributed by atoms with Crippen LogP contribution in [0.15, 0.2) is 47.2 Å². The van der Waals surface area contributed by atoms with Gasteiger partial charge in [-0.2, -0.15) is 23.7 Å². The average molecular weight is 431 g/mol. The van der Waals surface area contributed by atoms with Gasteiger partial charge in [0.2, 0.25) is 0 Å². The van der Waals surface area contributed by atoms with E-state index in [1.54, 1.807) is 23.0 Å².